The van der Waals surface area contributed by atoms with Gasteiger partial charge < -0.3 is 34.7 Å². The van der Waals surface area contributed by atoms with E-state index in [1.165, 1.54) is 18.1 Å². The highest BCUT2D eigenvalue weighted by Gasteiger charge is 2.64. The molecule has 4 N–H and O–H groups in total. The van der Waals surface area contributed by atoms with Gasteiger partial charge in [-0.25, -0.2) is 4.79 Å². The van der Waals surface area contributed by atoms with Gasteiger partial charge in [0.2, 0.25) is 5.91 Å². The summed E-state index contributed by atoms with van der Waals surface area (Å²) in [5.74, 6) is -1.40. The van der Waals surface area contributed by atoms with E-state index in [9.17, 15) is 19.5 Å². The van der Waals surface area contributed by atoms with Crippen LogP contribution < -0.4 is 16.0 Å². The normalized spacial score (nSPS) is 32.3. The summed E-state index contributed by atoms with van der Waals surface area (Å²) in [6.07, 6.45) is 1.51. The molecule has 0 aromatic heterocycles. The van der Waals surface area contributed by atoms with Crippen LogP contribution in [-0.2, 0) is 35.0 Å². The first kappa shape index (κ1) is 36.7. The smallest absolute Gasteiger partial charge is 0.412 e. The number of nitrogens with zero attached hydrogens (tertiary/aromatic N) is 1. The molecule has 5 rings (SSSR count). The Morgan fingerprint density at radius 1 is 1.18 bits per heavy atom. The Bertz CT molecular complexity index is 1700. The minimum atomic E-state index is -1.55. The third-order valence-corrected chi connectivity index (χ3v) is 10.5. The van der Waals surface area contributed by atoms with Gasteiger partial charge in [-0.15, -0.1) is 0 Å². The van der Waals surface area contributed by atoms with Crippen LogP contribution in [0.3, 0.4) is 0 Å². The van der Waals surface area contributed by atoms with Crippen LogP contribution in [-0.4, -0.2) is 72.9 Å². The number of anilines is 3. The number of allylic oxidation sites excluding steroid dienone is 3. The maximum atomic E-state index is 14.0. The fourth-order valence-corrected chi connectivity index (χ4v) is 7.19. The topological polar surface area (TPSA) is 153 Å². The minimum absolute atomic E-state index is 0.0799. The van der Waals surface area contributed by atoms with Gasteiger partial charge in [0.15, 0.2) is 0 Å². The molecule has 13 heteroatoms. The van der Waals surface area contributed by atoms with E-state index in [2.05, 4.69) is 5.32 Å². The summed E-state index contributed by atoms with van der Waals surface area (Å²) in [7, 11) is 3.10. The summed E-state index contributed by atoms with van der Waals surface area (Å²) >= 11 is 12.9. The van der Waals surface area contributed by atoms with Crippen LogP contribution in [0.4, 0.5) is 21.9 Å². The molecule has 11 nitrogen and oxygen atoms in total. The van der Waals surface area contributed by atoms with E-state index in [1.54, 1.807) is 38.3 Å². The zero-order valence-corrected chi connectivity index (χ0v) is 29.9. The van der Waals surface area contributed by atoms with Gasteiger partial charge in [0.25, 0.3) is 0 Å². The molecule has 2 aromatic rings. The molecule has 4 bridgehead atoms. The number of nitrogen functional groups attached to an aromatic ring is 1. The van der Waals surface area contributed by atoms with Crippen molar-refractivity contribution >= 4 is 58.2 Å². The Labute approximate surface area is 296 Å². The Balaban J connectivity index is 1.52. The summed E-state index contributed by atoms with van der Waals surface area (Å²) in [4.78, 5) is 41.6. The summed E-state index contributed by atoms with van der Waals surface area (Å²) in [6, 6.07) is 8.43. The van der Waals surface area contributed by atoms with E-state index >= 15 is 0 Å². The van der Waals surface area contributed by atoms with Crippen LogP contribution >= 0.6 is 23.2 Å². The quantitative estimate of drug-likeness (QED) is 0.193. The van der Waals surface area contributed by atoms with Crippen LogP contribution in [0.2, 0.25) is 10.0 Å². The molecule has 264 valence electrons. The van der Waals surface area contributed by atoms with Crippen molar-refractivity contribution in [2.75, 3.05) is 30.1 Å². The summed E-state index contributed by atoms with van der Waals surface area (Å²) in [6.45, 7) is 7.42. The number of methoxy groups -OCH3 is 1. The van der Waals surface area contributed by atoms with Gasteiger partial charge in [0.1, 0.15) is 29.5 Å². The van der Waals surface area contributed by atoms with Gasteiger partial charge in [-0.3, -0.25) is 14.9 Å². The molecule has 3 heterocycles. The summed E-state index contributed by atoms with van der Waals surface area (Å²) < 4.78 is 23.6. The fraction of sp³-hybridized carbons (Fsp3) is 0.472. The molecule has 2 amide bonds. The lowest BCUT2D eigenvalue weighted by molar-refractivity contribution is -0.187. The second-order valence-electron chi connectivity index (χ2n) is 13.5. The molecule has 2 saturated heterocycles. The number of esters is 1. The van der Waals surface area contributed by atoms with Gasteiger partial charge >= 0.3 is 12.1 Å². The molecule has 0 spiro atoms. The van der Waals surface area contributed by atoms with E-state index in [4.69, 9.17) is 47.9 Å². The third-order valence-electron chi connectivity index (χ3n) is 9.70. The molecular weight excluding hydrogens is 673 g/mol. The van der Waals surface area contributed by atoms with E-state index in [0.29, 0.717) is 28.5 Å². The summed E-state index contributed by atoms with van der Waals surface area (Å²) in [5, 5.41) is 15.1. The lowest BCUT2D eigenvalue weighted by atomic mass is 9.78. The van der Waals surface area contributed by atoms with E-state index in [-0.39, 0.29) is 30.2 Å². The highest BCUT2D eigenvalue weighted by atomic mass is 35.5. The average molecular weight is 717 g/mol. The number of hydrogen-bond acceptors (Lipinski definition) is 9. The molecule has 0 radical (unpaired) electrons. The second kappa shape index (κ2) is 14.3. The number of benzene rings is 2. The van der Waals surface area contributed by atoms with Crippen LogP contribution in [0, 0.1) is 12.8 Å². The Morgan fingerprint density at radius 3 is 2.61 bits per heavy atom. The first-order valence-electron chi connectivity index (χ1n) is 16.1. The first-order valence-corrected chi connectivity index (χ1v) is 16.8. The van der Waals surface area contributed by atoms with Crippen molar-refractivity contribution in [1.82, 2.24) is 0 Å². The number of amides is 2. The number of epoxide rings is 1. The number of rotatable bonds is 3. The maximum absolute atomic E-state index is 14.0. The number of halogens is 2. The van der Waals surface area contributed by atoms with Crippen molar-refractivity contribution in [2.45, 2.75) is 89.0 Å². The first-order chi connectivity index (χ1) is 23.0. The van der Waals surface area contributed by atoms with Gasteiger partial charge in [0.05, 0.1) is 40.4 Å². The van der Waals surface area contributed by atoms with Crippen LogP contribution in [0.1, 0.15) is 51.2 Å². The predicted octanol–water partition coefficient (Wildman–Crippen LogP) is 6.16. The zero-order valence-electron chi connectivity index (χ0n) is 28.4. The number of nitrogens with two attached hydrogens (primary N) is 1. The number of aliphatic hydroxyl groups is 1. The molecule has 2 aromatic carbocycles. The zero-order chi connectivity index (χ0) is 35.8. The molecular formula is C36H43Cl2N3O8. The van der Waals surface area contributed by atoms with Gasteiger partial charge in [-0.2, -0.15) is 0 Å². The van der Waals surface area contributed by atoms with Gasteiger partial charge in [-0.05, 0) is 62.6 Å². The Kier molecular flexibility index (Phi) is 10.7. The number of aryl methyl sites for hydroxylation is 1. The van der Waals surface area contributed by atoms with E-state index < -0.39 is 53.6 Å². The molecule has 0 saturated carbocycles. The Morgan fingerprint density at radius 2 is 1.92 bits per heavy atom. The monoisotopic (exact) mass is 715 g/mol. The number of carbonyl (C=O) groups is 3. The highest BCUT2D eigenvalue weighted by Crippen LogP contribution is 2.49. The number of carbonyl (C=O) groups excluding carboxylic acids is 3. The molecule has 3 aliphatic heterocycles. The van der Waals surface area contributed by atoms with Gasteiger partial charge in [0, 0.05) is 32.2 Å². The van der Waals surface area contributed by atoms with Crippen molar-refractivity contribution in [3.63, 3.8) is 0 Å². The van der Waals surface area contributed by atoms with Gasteiger partial charge in [-0.1, -0.05) is 60.0 Å². The average Bonchev–Trinajstić information content (AvgIpc) is 3.73. The molecule has 7 atom stereocenters. The van der Waals surface area contributed by atoms with Crippen molar-refractivity contribution in [3.8, 4) is 0 Å². The highest BCUT2D eigenvalue weighted by molar-refractivity contribution is 6.34. The fourth-order valence-electron chi connectivity index (χ4n) is 6.78. The van der Waals surface area contributed by atoms with E-state index in [1.807, 2.05) is 39.0 Å². The minimum Gasteiger partial charge on any atom is -0.462 e. The Hall–Kier alpha value is -3.61. The molecule has 2 fully saturated rings. The SMILES string of the molecule is CO[C@@H]1/C=C/C=C(\C)Cc2cc(C)c(Cl)c(c2)N(C)C(=O)C[C@H](OC(=O)Nc2ccc(N)c(Cl)c2)[C@]2(C)O[C@H]2[C@H](C)[C@@H]2C[C@@]1(O)CC(=O)O2. The standard InChI is InChI=1S/C36H43Cl2N3O8/c1-19-8-7-9-28(46-6)36(45)17-27(47-31(43)18-36)21(3)33-35(4,49-33)29(48-34(44)40-23-10-11-25(39)24(37)15-23)16-30(42)41(5)26-14-22(12-19)13-20(2)32(26)38/h7-11,13-15,21,27-29,33,45H,12,16-18,39H2,1-6H3,(H,40,44)/b9-7+,19-8+/t21-,27+,28-,29+,33+,35+,36-/m1/s1. The van der Waals surface area contributed by atoms with Crippen LogP contribution in [0.5, 0.6) is 0 Å². The molecule has 49 heavy (non-hydrogen) atoms. The molecule has 0 aliphatic carbocycles. The van der Waals surface area contributed by atoms with Crippen molar-refractivity contribution in [3.05, 3.63) is 75.3 Å². The van der Waals surface area contributed by atoms with Crippen molar-refractivity contribution in [2.24, 2.45) is 5.92 Å². The lowest BCUT2D eigenvalue weighted by Crippen LogP contribution is -2.53. The molecule has 0 unspecified atom stereocenters. The largest absolute Gasteiger partial charge is 0.462 e. The van der Waals surface area contributed by atoms with Crippen molar-refractivity contribution < 1.29 is 38.4 Å². The number of nitrogens with one attached hydrogen (secondary N) is 1. The van der Waals surface area contributed by atoms with Crippen LogP contribution in [0.25, 0.3) is 0 Å². The summed E-state index contributed by atoms with van der Waals surface area (Å²) in [5.41, 5.74) is 7.03. The second-order valence-corrected chi connectivity index (χ2v) is 14.3. The maximum Gasteiger partial charge on any atom is 0.412 e. The number of ether oxygens (including phenoxy) is 4. The number of fused-ring (bicyclic) bond motifs is 5. The predicted molar refractivity (Wildman–Crippen MR) is 188 cm³/mol. The van der Waals surface area contributed by atoms with Crippen LogP contribution in [0.15, 0.2) is 54.1 Å². The molecule has 3 aliphatic rings. The number of hydrogen-bond donors (Lipinski definition) is 3. The van der Waals surface area contributed by atoms with E-state index in [0.717, 1.165) is 16.7 Å². The van der Waals surface area contributed by atoms with Crippen molar-refractivity contribution in [1.29, 1.82) is 0 Å². The lowest BCUT2D eigenvalue weighted by Gasteiger charge is -2.41. The third kappa shape index (κ3) is 7.91.